The van der Waals surface area contributed by atoms with Crippen LogP contribution < -0.4 is 10.0 Å². The molecular formula is C20H20N4O4S. The predicted octanol–water partition coefficient (Wildman–Crippen LogP) is 1.58. The van der Waals surface area contributed by atoms with Gasteiger partial charge in [-0.1, -0.05) is 6.07 Å². The molecule has 0 atom stereocenters. The molecule has 3 N–H and O–H groups in total. The molecule has 2 aromatic carbocycles. The molecular weight excluding hydrogens is 392 g/mol. The number of H-pyrrole nitrogens is 1. The fourth-order valence-corrected chi connectivity index (χ4v) is 5.28. The lowest BCUT2D eigenvalue weighted by Gasteiger charge is -2.14. The summed E-state index contributed by atoms with van der Waals surface area (Å²) in [5.74, 6) is -0.848. The van der Waals surface area contributed by atoms with Crippen molar-refractivity contribution in [3.8, 4) is 0 Å². The first kappa shape index (κ1) is 18.3. The quantitative estimate of drug-likeness (QED) is 0.551. The first-order valence-corrected chi connectivity index (χ1v) is 11.1. The van der Waals surface area contributed by atoms with E-state index in [1.807, 2.05) is 0 Å². The number of hydrogen-bond acceptors (Lipinski definition) is 5. The fourth-order valence-electron chi connectivity index (χ4n) is 4.23. The van der Waals surface area contributed by atoms with Crippen molar-refractivity contribution in [3.05, 3.63) is 41.5 Å². The number of fused-ring (bicyclic) bond motifs is 5. The number of sulfonamides is 1. The van der Waals surface area contributed by atoms with Crippen molar-refractivity contribution in [1.82, 2.24) is 19.9 Å². The van der Waals surface area contributed by atoms with Gasteiger partial charge in [0, 0.05) is 34.9 Å². The first-order valence-electron chi connectivity index (χ1n) is 9.60. The molecule has 1 saturated heterocycles. The standard InChI is InChI=1S/C20H20N4O4S/c25-19-14-5-6-15-17(18(14)20(26)23-19)13-4-3-12(11-16(13)22-15)29(27,28)21-7-10-24-8-1-2-9-24/h3-6,11,21-22H,1-2,7-10H2,(H,23,25,26). The summed E-state index contributed by atoms with van der Waals surface area (Å²) >= 11 is 0. The minimum Gasteiger partial charge on any atom is -0.354 e. The topological polar surface area (TPSA) is 111 Å². The maximum Gasteiger partial charge on any atom is 0.259 e. The molecule has 8 nitrogen and oxygen atoms in total. The SMILES string of the molecule is O=C1NC(=O)c2c1ccc1[nH]c3cc(S(=O)(=O)NCCN4CCCC4)ccc3c21. The molecule has 150 valence electrons. The predicted molar refractivity (Wildman–Crippen MR) is 108 cm³/mol. The van der Waals surface area contributed by atoms with Crippen LogP contribution in [0.2, 0.25) is 0 Å². The molecule has 2 aliphatic heterocycles. The van der Waals surface area contributed by atoms with Gasteiger partial charge in [-0.3, -0.25) is 14.9 Å². The van der Waals surface area contributed by atoms with E-state index in [0.29, 0.717) is 46.0 Å². The third kappa shape index (κ3) is 3.02. The summed E-state index contributed by atoms with van der Waals surface area (Å²) in [4.78, 5) is 29.7. The molecule has 9 heteroatoms. The van der Waals surface area contributed by atoms with Gasteiger partial charge < -0.3 is 9.88 Å². The second kappa shape index (κ2) is 6.65. The van der Waals surface area contributed by atoms with E-state index in [0.717, 1.165) is 25.9 Å². The van der Waals surface area contributed by atoms with Crippen molar-refractivity contribution in [2.75, 3.05) is 26.2 Å². The second-order valence-corrected chi connectivity index (χ2v) is 9.24. The number of aromatic amines is 1. The Bertz CT molecular complexity index is 1270. The van der Waals surface area contributed by atoms with Gasteiger partial charge in [0.1, 0.15) is 0 Å². The van der Waals surface area contributed by atoms with Crippen LogP contribution in [0.3, 0.4) is 0 Å². The highest BCUT2D eigenvalue weighted by atomic mass is 32.2. The Morgan fingerprint density at radius 3 is 2.59 bits per heavy atom. The molecule has 0 unspecified atom stereocenters. The zero-order chi connectivity index (χ0) is 20.2. The van der Waals surface area contributed by atoms with Gasteiger partial charge in [0.05, 0.1) is 16.0 Å². The highest BCUT2D eigenvalue weighted by Crippen LogP contribution is 2.33. The van der Waals surface area contributed by atoms with Gasteiger partial charge in [-0.05, 0) is 50.2 Å². The molecule has 1 fully saturated rings. The van der Waals surface area contributed by atoms with E-state index in [4.69, 9.17) is 0 Å². The lowest BCUT2D eigenvalue weighted by atomic mass is 10.0. The number of rotatable bonds is 5. The monoisotopic (exact) mass is 412 g/mol. The summed E-state index contributed by atoms with van der Waals surface area (Å²) in [6, 6.07) is 8.11. The van der Waals surface area contributed by atoms with Crippen LogP contribution in [0.5, 0.6) is 0 Å². The van der Waals surface area contributed by atoms with Gasteiger partial charge in [0.15, 0.2) is 0 Å². The van der Waals surface area contributed by atoms with Crippen LogP contribution in [-0.4, -0.2) is 56.3 Å². The number of nitrogens with one attached hydrogen (secondary N) is 3. The van der Waals surface area contributed by atoms with Crippen LogP contribution in [0.1, 0.15) is 33.6 Å². The molecule has 2 amide bonds. The first-order chi connectivity index (χ1) is 13.9. The molecule has 0 radical (unpaired) electrons. The van der Waals surface area contributed by atoms with Crippen LogP contribution >= 0.6 is 0 Å². The number of amides is 2. The summed E-state index contributed by atoms with van der Waals surface area (Å²) in [6.45, 7) is 3.10. The lowest BCUT2D eigenvalue weighted by Crippen LogP contribution is -2.33. The Kier molecular flexibility index (Phi) is 4.19. The van der Waals surface area contributed by atoms with E-state index in [-0.39, 0.29) is 4.90 Å². The molecule has 3 heterocycles. The third-order valence-electron chi connectivity index (χ3n) is 5.66. The number of hydrogen-bond donors (Lipinski definition) is 3. The zero-order valence-electron chi connectivity index (χ0n) is 15.6. The summed E-state index contributed by atoms with van der Waals surface area (Å²) in [5, 5.41) is 3.65. The molecule has 0 aliphatic carbocycles. The van der Waals surface area contributed by atoms with Crippen molar-refractivity contribution in [1.29, 1.82) is 0 Å². The highest BCUT2D eigenvalue weighted by Gasteiger charge is 2.30. The van der Waals surface area contributed by atoms with Crippen LogP contribution in [0.25, 0.3) is 21.8 Å². The van der Waals surface area contributed by atoms with E-state index in [9.17, 15) is 18.0 Å². The molecule has 3 aromatic rings. The molecule has 29 heavy (non-hydrogen) atoms. The van der Waals surface area contributed by atoms with E-state index < -0.39 is 21.8 Å². The van der Waals surface area contributed by atoms with Crippen molar-refractivity contribution in [2.24, 2.45) is 0 Å². The van der Waals surface area contributed by atoms with Gasteiger partial charge in [-0.15, -0.1) is 0 Å². The van der Waals surface area contributed by atoms with E-state index in [1.54, 1.807) is 24.3 Å². The van der Waals surface area contributed by atoms with Gasteiger partial charge in [-0.2, -0.15) is 0 Å². The summed E-state index contributed by atoms with van der Waals surface area (Å²) in [7, 11) is -3.64. The minimum absolute atomic E-state index is 0.162. The van der Waals surface area contributed by atoms with E-state index in [2.05, 4.69) is 19.9 Å². The molecule has 5 rings (SSSR count). The van der Waals surface area contributed by atoms with Gasteiger partial charge in [0.2, 0.25) is 10.0 Å². The Morgan fingerprint density at radius 1 is 1.00 bits per heavy atom. The number of carbonyl (C=O) groups is 2. The molecule has 0 bridgehead atoms. The van der Waals surface area contributed by atoms with Gasteiger partial charge >= 0.3 is 0 Å². The van der Waals surface area contributed by atoms with E-state index >= 15 is 0 Å². The number of benzene rings is 2. The van der Waals surface area contributed by atoms with Gasteiger partial charge in [-0.25, -0.2) is 13.1 Å². The third-order valence-corrected chi connectivity index (χ3v) is 7.12. The second-order valence-electron chi connectivity index (χ2n) is 7.47. The molecule has 0 saturated carbocycles. The molecule has 1 aromatic heterocycles. The minimum atomic E-state index is -3.64. The van der Waals surface area contributed by atoms with Crippen molar-refractivity contribution in [3.63, 3.8) is 0 Å². The van der Waals surface area contributed by atoms with Crippen molar-refractivity contribution >= 4 is 43.6 Å². The van der Waals surface area contributed by atoms with Crippen molar-refractivity contribution in [2.45, 2.75) is 17.7 Å². The Hall–Kier alpha value is -2.75. The number of nitrogens with zero attached hydrogens (tertiary/aromatic N) is 1. The fraction of sp³-hybridized carbons (Fsp3) is 0.300. The Labute approximate surface area is 167 Å². The zero-order valence-corrected chi connectivity index (χ0v) is 16.4. The average molecular weight is 412 g/mol. The number of aromatic nitrogens is 1. The molecule has 2 aliphatic rings. The van der Waals surface area contributed by atoms with Crippen LogP contribution in [0.4, 0.5) is 0 Å². The summed E-state index contributed by atoms with van der Waals surface area (Å²) in [5.41, 5.74) is 1.95. The average Bonchev–Trinajstić information content (AvgIpc) is 3.39. The largest absolute Gasteiger partial charge is 0.354 e. The smallest absolute Gasteiger partial charge is 0.259 e. The number of carbonyl (C=O) groups excluding carboxylic acids is 2. The van der Waals surface area contributed by atoms with Crippen LogP contribution in [0, 0.1) is 0 Å². The summed E-state index contributed by atoms with van der Waals surface area (Å²) in [6.07, 6.45) is 2.33. The van der Waals surface area contributed by atoms with Crippen molar-refractivity contribution < 1.29 is 18.0 Å². The van der Waals surface area contributed by atoms with Crippen LogP contribution in [-0.2, 0) is 10.0 Å². The maximum absolute atomic E-state index is 12.7. The summed E-state index contributed by atoms with van der Waals surface area (Å²) < 4.78 is 28.1. The highest BCUT2D eigenvalue weighted by molar-refractivity contribution is 7.89. The van der Waals surface area contributed by atoms with Crippen LogP contribution in [0.15, 0.2) is 35.2 Å². The van der Waals surface area contributed by atoms with Gasteiger partial charge in [0.25, 0.3) is 11.8 Å². The van der Waals surface area contributed by atoms with E-state index in [1.165, 1.54) is 6.07 Å². The lowest BCUT2D eigenvalue weighted by molar-refractivity contribution is 0.0880. The normalized spacial score (nSPS) is 17.4. The Balaban J connectivity index is 1.49. The molecule has 0 spiro atoms. The number of imide groups is 1. The Morgan fingerprint density at radius 2 is 1.79 bits per heavy atom. The maximum atomic E-state index is 12.7. The number of likely N-dealkylation sites (tertiary alicyclic amines) is 1.